The summed E-state index contributed by atoms with van der Waals surface area (Å²) in [5.74, 6) is 1.24. The SMILES string of the molecule is CN1CCN(Cc2cccc(-c3nc(CC(=O)Nc4ccc5c(c4)OCO5)cs3)c2)CC1. The fraction of sp³-hybridized carbons (Fsp3) is 0.333. The van der Waals surface area contributed by atoms with Crippen LogP contribution in [-0.4, -0.2) is 60.7 Å². The van der Waals surface area contributed by atoms with E-state index in [1.807, 2.05) is 11.4 Å². The zero-order valence-corrected chi connectivity index (χ0v) is 18.9. The van der Waals surface area contributed by atoms with E-state index in [4.69, 9.17) is 14.5 Å². The average molecular weight is 451 g/mol. The Morgan fingerprint density at radius 1 is 1.09 bits per heavy atom. The Labute approximate surface area is 191 Å². The van der Waals surface area contributed by atoms with Gasteiger partial charge in [0.1, 0.15) is 5.01 Å². The highest BCUT2D eigenvalue weighted by atomic mass is 32.1. The Kier molecular flexibility index (Phi) is 6.07. The number of likely N-dealkylation sites (N-methyl/N-ethyl adjacent to an activating group) is 1. The fourth-order valence-electron chi connectivity index (χ4n) is 3.93. The molecule has 1 N–H and O–H groups in total. The first-order valence-electron chi connectivity index (χ1n) is 10.8. The van der Waals surface area contributed by atoms with Gasteiger partial charge in [0, 0.05) is 55.4 Å². The number of fused-ring (bicyclic) bond motifs is 1. The number of carbonyl (C=O) groups excluding carboxylic acids is 1. The fourth-order valence-corrected chi connectivity index (χ4v) is 4.75. The van der Waals surface area contributed by atoms with E-state index in [1.165, 1.54) is 5.56 Å². The van der Waals surface area contributed by atoms with Crippen molar-refractivity contribution in [2.45, 2.75) is 13.0 Å². The molecule has 0 spiro atoms. The second-order valence-corrected chi connectivity index (χ2v) is 9.07. The number of hydrogen-bond acceptors (Lipinski definition) is 7. The first-order valence-corrected chi connectivity index (χ1v) is 11.6. The van der Waals surface area contributed by atoms with Crippen molar-refractivity contribution < 1.29 is 14.3 Å². The second-order valence-electron chi connectivity index (χ2n) is 8.22. The number of piperazine rings is 1. The molecule has 7 nitrogen and oxygen atoms in total. The molecule has 1 saturated heterocycles. The summed E-state index contributed by atoms with van der Waals surface area (Å²) in [6, 6.07) is 14.0. The maximum atomic E-state index is 12.5. The van der Waals surface area contributed by atoms with Gasteiger partial charge >= 0.3 is 0 Å². The van der Waals surface area contributed by atoms with Gasteiger partial charge in [0.25, 0.3) is 0 Å². The lowest BCUT2D eigenvalue weighted by molar-refractivity contribution is -0.115. The summed E-state index contributed by atoms with van der Waals surface area (Å²) in [6.45, 7) is 5.59. The van der Waals surface area contributed by atoms with Crippen LogP contribution in [0.5, 0.6) is 11.5 Å². The number of aromatic nitrogens is 1. The monoisotopic (exact) mass is 450 g/mol. The quantitative estimate of drug-likeness (QED) is 0.620. The molecule has 166 valence electrons. The molecule has 2 aliphatic rings. The predicted octanol–water partition coefficient (Wildman–Crippen LogP) is 3.47. The minimum atomic E-state index is -0.107. The van der Waals surface area contributed by atoms with Crippen molar-refractivity contribution in [3.8, 4) is 22.1 Å². The van der Waals surface area contributed by atoms with E-state index in [9.17, 15) is 4.79 Å². The van der Waals surface area contributed by atoms with E-state index in [1.54, 1.807) is 23.5 Å². The summed E-state index contributed by atoms with van der Waals surface area (Å²) >= 11 is 1.57. The summed E-state index contributed by atoms with van der Waals surface area (Å²) in [7, 11) is 2.17. The Balaban J connectivity index is 1.20. The van der Waals surface area contributed by atoms with Crippen LogP contribution in [0.1, 0.15) is 11.3 Å². The van der Waals surface area contributed by atoms with Crippen LogP contribution in [-0.2, 0) is 17.8 Å². The molecule has 2 aliphatic heterocycles. The Hall–Kier alpha value is -2.94. The Bertz CT molecular complexity index is 1110. The van der Waals surface area contributed by atoms with E-state index >= 15 is 0 Å². The molecule has 3 heterocycles. The van der Waals surface area contributed by atoms with E-state index < -0.39 is 0 Å². The highest BCUT2D eigenvalue weighted by Gasteiger charge is 2.16. The molecule has 5 rings (SSSR count). The maximum absolute atomic E-state index is 12.5. The molecular formula is C24H26N4O3S. The van der Waals surface area contributed by atoms with Crippen molar-refractivity contribution in [3.05, 3.63) is 59.1 Å². The van der Waals surface area contributed by atoms with Crippen LogP contribution in [0, 0.1) is 0 Å². The number of thiazole rings is 1. The number of carbonyl (C=O) groups is 1. The molecule has 0 radical (unpaired) electrons. The summed E-state index contributed by atoms with van der Waals surface area (Å²) in [5, 5.41) is 5.81. The molecule has 3 aromatic rings. The standard InChI is InChI=1S/C24H26N4O3S/c1-27-7-9-28(10-8-27)14-17-3-2-4-18(11-17)24-26-20(15-32-24)13-23(29)25-19-5-6-21-22(12-19)31-16-30-21/h2-6,11-12,15H,7-10,13-14,16H2,1H3,(H,25,29). The van der Waals surface area contributed by atoms with Gasteiger partial charge in [-0.05, 0) is 30.8 Å². The number of ether oxygens (including phenoxy) is 2. The molecule has 0 atom stereocenters. The van der Waals surface area contributed by atoms with E-state index in [2.05, 4.69) is 46.4 Å². The number of nitrogens with one attached hydrogen (secondary N) is 1. The van der Waals surface area contributed by atoms with Crippen molar-refractivity contribution in [3.63, 3.8) is 0 Å². The molecule has 2 aromatic carbocycles. The molecule has 1 amide bonds. The minimum Gasteiger partial charge on any atom is -0.454 e. The third-order valence-electron chi connectivity index (χ3n) is 5.73. The highest BCUT2D eigenvalue weighted by Crippen LogP contribution is 2.34. The summed E-state index contributed by atoms with van der Waals surface area (Å²) in [5.41, 5.74) is 3.85. The van der Waals surface area contributed by atoms with Crippen LogP contribution in [0.15, 0.2) is 47.8 Å². The molecule has 0 unspecified atom stereocenters. The third kappa shape index (κ3) is 4.93. The largest absolute Gasteiger partial charge is 0.454 e. The molecule has 1 aromatic heterocycles. The van der Waals surface area contributed by atoms with Crippen LogP contribution in [0.25, 0.3) is 10.6 Å². The van der Waals surface area contributed by atoms with Gasteiger partial charge in [-0.2, -0.15) is 0 Å². The molecule has 8 heteroatoms. The van der Waals surface area contributed by atoms with Gasteiger partial charge in [0.2, 0.25) is 12.7 Å². The van der Waals surface area contributed by atoms with Crippen molar-refractivity contribution in [1.82, 2.24) is 14.8 Å². The summed E-state index contributed by atoms with van der Waals surface area (Å²) < 4.78 is 10.7. The number of rotatable bonds is 6. The number of hydrogen-bond donors (Lipinski definition) is 1. The minimum absolute atomic E-state index is 0.107. The lowest BCUT2D eigenvalue weighted by Gasteiger charge is -2.32. The summed E-state index contributed by atoms with van der Waals surface area (Å²) in [4.78, 5) is 22.1. The first-order chi connectivity index (χ1) is 15.6. The van der Waals surface area contributed by atoms with Gasteiger partial charge in [-0.25, -0.2) is 4.98 Å². The molecule has 0 saturated carbocycles. The van der Waals surface area contributed by atoms with Gasteiger partial charge in [0.05, 0.1) is 12.1 Å². The van der Waals surface area contributed by atoms with Crippen LogP contribution in [0.4, 0.5) is 5.69 Å². The van der Waals surface area contributed by atoms with E-state index in [0.29, 0.717) is 17.2 Å². The topological polar surface area (TPSA) is 66.9 Å². The van der Waals surface area contributed by atoms with Crippen LogP contribution in [0.2, 0.25) is 0 Å². The molecule has 1 fully saturated rings. The van der Waals surface area contributed by atoms with Crippen molar-refractivity contribution >= 4 is 22.9 Å². The van der Waals surface area contributed by atoms with E-state index in [0.717, 1.165) is 49.0 Å². The Morgan fingerprint density at radius 2 is 1.94 bits per heavy atom. The zero-order valence-electron chi connectivity index (χ0n) is 18.0. The van der Waals surface area contributed by atoms with Gasteiger partial charge in [0.15, 0.2) is 11.5 Å². The normalized spacial score (nSPS) is 16.3. The van der Waals surface area contributed by atoms with Crippen molar-refractivity contribution in [2.24, 2.45) is 0 Å². The van der Waals surface area contributed by atoms with Gasteiger partial charge < -0.3 is 19.7 Å². The number of anilines is 1. The molecule has 0 bridgehead atoms. The van der Waals surface area contributed by atoms with Gasteiger partial charge in [-0.1, -0.05) is 18.2 Å². The second kappa shape index (κ2) is 9.28. The number of amides is 1. The molecule has 0 aliphatic carbocycles. The maximum Gasteiger partial charge on any atom is 0.231 e. The van der Waals surface area contributed by atoms with Gasteiger partial charge in [-0.3, -0.25) is 9.69 Å². The zero-order chi connectivity index (χ0) is 21.9. The molecular weight excluding hydrogens is 424 g/mol. The Morgan fingerprint density at radius 3 is 2.81 bits per heavy atom. The highest BCUT2D eigenvalue weighted by molar-refractivity contribution is 7.13. The number of nitrogens with zero attached hydrogens (tertiary/aromatic N) is 3. The smallest absolute Gasteiger partial charge is 0.231 e. The average Bonchev–Trinajstić information content (AvgIpc) is 3.45. The predicted molar refractivity (Wildman–Crippen MR) is 125 cm³/mol. The molecule has 32 heavy (non-hydrogen) atoms. The lowest BCUT2D eigenvalue weighted by atomic mass is 10.1. The number of benzene rings is 2. The third-order valence-corrected chi connectivity index (χ3v) is 6.67. The van der Waals surface area contributed by atoms with Crippen LogP contribution >= 0.6 is 11.3 Å². The van der Waals surface area contributed by atoms with E-state index in [-0.39, 0.29) is 19.1 Å². The van der Waals surface area contributed by atoms with Crippen molar-refractivity contribution in [1.29, 1.82) is 0 Å². The lowest BCUT2D eigenvalue weighted by Crippen LogP contribution is -2.43. The van der Waals surface area contributed by atoms with Gasteiger partial charge in [-0.15, -0.1) is 11.3 Å². The van der Waals surface area contributed by atoms with Crippen LogP contribution < -0.4 is 14.8 Å². The van der Waals surface area contributed by atoms with Crippen molar-refractivity contribution in [2.75, 3.05) is 45.3 Å². The van der Waals surface area contributed by atoms with Crippen LogP contribution in [0.3, 0.4) is 0 Å². The first kappa shape index (κ1) is 20.9. The summed E-state index contributed by atoms with van der Waals surface area (Å²) in [6.07, 6.45) is 0.228.